The second kappa shape index (κ2) is 15.3. The molecule has 4 heterocycles. The summed E-state index contributed by atoms with van der Waals surface area (Å²) >= 11 is 2.22. The predicted molar refractivity (Wildman–Crippen MR) is 173 cm³/mol. The van der Waals surface area contributed by atoms with E-state index in [4.69, 9.17) is 19.2 Å². The number of aryl methyl sites for hydroxylation is 1. The number of hydrogen-bond donors (Lipinski definition) is 1. The number of unbranched alkanes of at least 4 members (excludes halogenated alkanes) is 1. The number of pyridine rings is 1. The van der Waals surface area contributed by atoms with Gasteiger partial charge in [-0.2, -0.15) is 0 Å². The van der Waals surface area contributed by atoms with Gasteiger partial charge < -0.3 is 24.2 Å². The van der Waals surface area contributed by atoms with Crippen molar-refractivity contribution in [1.29, 1.82) is 0 Å². The number of anilines is 1. The number of methoxy groups -OCH3 is 1. The van der Waals surface area contributed by atoms with Gasteiger partial charge in [0, 0.05) is 60.2 Å². The number of rotatable bonds is 13. The smallest absolute Gasteiger partial charge is 0.325 e. The third kappa shape index (κ3) is 8.18. The van der Waals surface area contributed by atoms with Crippen LogP contribution in [0.3, 0.4) is 0 Å². The molecule has 3 aliphatic rings. The van der Waals surface area contributed by atoms with Crippen molar-refractivity contribution in [3.8, 4) is 5.75 Å². The number of carboxylic acids is 1. The second-order valence-electron chi connectivity index (χ2n) is 12.2. The number of hydrogen-bond acceptors (Lipinski definition) is 7. The summed E-state index contributed by atoms with van der Waals surface area (Å²) in [4.78, 5) is 21.7. The molecule has 1 aromatic heterocycles. The number of carbonyl (C=O) groups is 1. The number of aliphatic carboxylic acids is 1. The van der Waals surface area contributed by atoms with E-state index in [-0.39, 0.29) is 12.0 Å². The van der Waals surface area contributed by atoms with Crippen LogP contribution in [0.1, 0.15) is 73.4 Å². The number of nitrogens with zero attached hydrogens (tertiary/aromatic N) is 3. The Morgan fingerprint density at radius 3 is 2.79 bits per heavy atom. The van der Waals surface area contributed by atoms with Crippen LogP contribution in [0.5, 0.6) is 5.75 Å². The Kier molecular flexibility index (Phi) is 11.5. The minimum absolute atomic E-state index is 0.124. The molecule has 0 aliphatic carbocycles. The van der Waals surface area contributed by atoms with Crippen molar-refractivity contribution in [3.05, 3.63) is 50.2 Å². The van der Waals surface area contributed by atoms with Crippen LogP contribution in [0.15, 0.2) is 24.3 Å². The first-order valence-corrected chi connectivity index (χ1v) is 16.8. The standard InChI is InChI=1S/C33H45FIN3O5/c1-37-14-5-7-27-30(41-2)19-25(36-32(27)37)6-3-4-8-29(34)22-11-15-38(20-22)31(33(39)40)28-18-24(35)10-9-23(28)21-43-26-12-16-42-17-13-26/h9-10,18-19,22,26,29,31H,3-8,11-17,20-21H2,1-2H3,(H,39,40)/t22?,29-,31-/m0/s1. The van der Waals surface area contributed by atoms with Gasteiger partial charge in [0.25, 0.3) is 0 Å². The summed E-state index contributed by atoms with van der Waals surface area (Å²) in [6, 6.07) is 7.14. The van der Waals surface area contributed by atoms with E-state index in [0.717, 1.165) is 83.4 Å². The average molecular weight is 710 g/mol. The number of aromatic nitrogens is 1. The molecular formula is C33H45FIN3O5. The molecule has 1 unspecified atom stereocenters. The fraction of sp³-hybridized carbons (Fsp3) is 0.636. The van der Waals surface area contributed by atoms with Gasteiger partial charge in [-0.05, 0) is 104 Å². The lowest BCUT2D eigenvalue weighted by Crippen LogP contribution is -2.34. The normalized spacial score (nSPS) is 21.0. The molecule has 2 fully saturated rings. The maximum Gasteiger partial charge on any atom is 0.325 e. The summed E-state index contributed by atoms with van der Waals surface area (Å²) in [5.41, 5.74) is 3.81. The SMILES string of the molecule is COc1cc(CCCC[C@H](F)C2CCN([C@H](C(=O)O)c3cc(I)ccc3COC3CCOCC3)C2)nc2c1CCCN2C. The summed E-state index contributed by atoms with van der Waals surface area (Å²) in [5.74, 6) is 0.848. The Balaban J connectivity index is 1.15. The highest BCUT2D eigenvalue weighted by Gasteiger charge is 2.37. The molecule has 43 heavy (non-hydrogen) atoms. The first kappa shape index (κ1) is 32.4. The molecule has 3 aliphatic heterocycles. The van der Waals surface area contributed by atoms with Gasteiger partial charge in [-0.15, -0.1) is 0 Å². The molecule has 0 radical (unpaired) electrons. The van der Waals surface area contributed by atoms with E-state index in [0.29, 0.717) is 45.8 Å². The van der Waals surface area contributed by atoms with E-state index >= 15 is 4.39 Å². The number of fused-ring (bicyclic) bond motifs is 1. The number of benzene rings is 1. The van der Waals surface area contributed by atoms with Crippen molar-refractivity contribution < 1.29 is 28.5 Å². The molecule has 0 saturated carbocycles. The Bertz CT molecular complexity index is 1240. The van der Waals surface area contributed by atoms with Crippen LogP contribution in [-0.4, -0.2) is 80.2 Å². The Labute approximate surface area is 268 Å². The summed E-state index contributed by atoms with van der Waals surface area (Å²) < 4.78 is 33.7. The van der Waals surface area contributed by atoms with Gasteiger partial charge in [-0.3, -0.25) is 9.69 Å². The second-order valence-corrected chi connectivity index (χ2v) is 13.4. The van der Waals surface area contributed by atoms with Gasteiger partial charge in [-0.1, -0.05) is 12.5 Å². The molecule has 5 rings (SSSR count). The number of alkyl halides is 1. The molecular weight excluding hydrogens is 664 g/mol. The van der Waals surface area contributed by atoms with E-state index in [1.165, 1.54) is 5.56 Å². The van der Waals surface area contributed by atoms with Gasteiger partial charge in [0.05, 0.1) is 19.8 Å². The van der Waals surface area contributed by atoms with Crippen LogP contribution in [-0.2, 0) is 33.7 Å². The highest BCUT2D eigenvalue weighted by molar-refractivity contribution is 14.1. The lowest BCUT2D eigenvalue weighted by Gasteiger charge is -2.28. The van der Waals surface area contributed by atoms with E-state index in [9.17, 15) is 9.90 Å². The largest absolute Gasteiger partial charge is 0.496 e. The highest BCUT2D eigenvalue weighted by Crippen LogP contribution is 2.35. The topological polar surface area (TPSA) is 84.4 Å². The predicted octanol–water partition coefficient (Wildman–Crippen LogP) is 5.97. The van der Waals surface area contributed by atoms with Crippen molar-refractivity contribution >= 4 is 34.4 Å². The molecule has 0 amide bonds. The van der Waals surface area contributed by atoms with Gasteiger partial charge in [0.1, 0.15) is 23.8 Å². The molecule has 1 aromatic carbocycles. The van der Waals surface area contributed by atoms with Crippen molar-refractivity contribution in [3.63, 3.8) is 0 Å². The van der Waals surface area contributed by atoms with Gasteiger partial charge in [-0.25, -0.2) is 9.37 Å². The van der Waals surface area contributed by atoms with Crippen molar-refractivity contribution in [1.82, 2.24) is 9.88 Å². The number of ether oxygens (including phenoxy) is 3. The van der Waals surface area contributed by atoms with Crippen LogP contribution in [0.25, 0.3) is 0 Å². The third-order valence-electron chi connectivity index (χ3n) is 9.19. The molecule has 8 nitrogen and oxygen atoms in total. The lowest BCUT2D eigenvalue weighted by molar-refractivity contribution is -0.143. The zero-order chi connectivity index (χ0) is 30.3. The third-order valence-corrected chi connectivity index (χ3v) is 9.86. The zero-order valence-corrected chi connectivity index (χ0v) is 27.6. The van der Waals surface area contributed by atoms with Gasteiger partial charge >= 0.3 is 5.97 Å². The Morgan fingerprint density at radius 1 is 1.21 bits per heavy atom. The van der Waals surface area contributed by atoms with Crippen molar-refractivity contribution in [2.75, 3.05) is 51.9 Å². The minimum atomic E-state index is -0.955. The maximum absolute atomic E-state index is 15.5. The number of likely N-dealkylation sites (tertiary alicyclic amines) is 1. The molecule has 236 valence electrons. The maximum atomic E-state index is 15.5. The zero-order valence-electron chi connectivity index (χ0n) is 25.4. The van der Waals surface area contributed by atoms with Crippen LogP contribution in [0.4, 0.5) is 10.2 Å². The summed E-state index contributed by atoms with van der Waals surface area (Å²) in [7, 11) is 3.78. The monoisotopic (exact) mass is 709 g/mol. The van der Waals surface area contributed by atoms with E-state index in [1.807, 2.05) is 29.2 Å². The summed E-state index contributed by atoms with van der Waals surface area (Å²) in [5, 5.41) is 10.3. The van der Waals surface area contributed by atoms with E-state index < -0.39 is 18.2 Å². The Morgan fingerprint density at radius 2 is 2.02 bits per heavy atom. The molecule has 3 atom stereocenters. The fourth-order valence-corrected chi connectivity index (χ4v) is 7.27. The summed E-state index contributed by atoms with van der Waals surface area (Å²) in [6.45, 7) is 3.76. The average Bonchev–Trinajstić information content (AvgIpc) is 3.49. The number of halogens is 2. The molecule has 1 N–H and O–H groups in total. The van der Waals surface area contributed by atoms with Crippen molar-refractivity contribution in [2.24, 2.45) is 5.92 Å². The lowest BCUT2D eigenvalue weighted by atomic mass is 9.96. The molecule has 2 saturated heterocycles. The van der Waals surface area contributed by atoms with Crippen molar-refractivity contribution in [2.45, 2.75) is 82.7 Å². The van der Waals surface area contributed by atoms with Gasteiger partial charge in [0.2, 0.25) is 0 Å². The minimum Gasteiger partial charge on any atom is -0.496 e. The highest BCUT2D eigenvalue weighted by atomic mass is 127. The molecule has 0 bridgehead atoms. The van der Waals surface area contributed by atoms with Crippen LogP contribution in [0.2, 0.25) is 0 Å². The molecule has 10 heteroatoms. The van der Waals surface area contributed by atoms with E-state index in [2.05, 4.69) is 34.5 Å². The Hall–Kier alpha value is -2.02. The first-order chi connectivity index (χ1) is 20.8. The fourth-order valence-electron chi connectivity index (χ4n) is 6.76. The van der Waals surface area contributed by atoms with Gasteiger partial charge in [0.15, 0.2) is 0 Å². The summed E-state index contributed by atoms with van der Waals surface area (Å²) in [6.07, 6.45) is 6.50. The molecule has 0 spiro atoms. The quantitative estimate of drug-likeness (QED) is 0.201. The van der Waals surface area contributed by atoms with E-state index in [1.54, 1.807) is 7.11 Å². The number of carboxylic acid groups (broad SMARTS) is 1. The van der Waals surface area contributed by atoms with Crippen LogP contribution < -0.4 is 9.64 Å². The van der Waals surface area contributed by atoms with Crippen LogP contribution >= 0.6 is 22.6 Å². The van der Waals surface area contributed by atoms with Crippen LogP contribution in [0, 0.1) is 9.49 Å². The molecule has 2 aromatic rings. The first-order valence-electron chi connectivity index (χ1n) is 15.7.